The van der Waals surface area contributed by atoms with Crippen molar-refractivity contribution >= 4 is 11.8 Å². The van der Waals surface area contributed by atoms with Gasteiger partial charge < -0.3 is 9.84 Å². The van der Waals surface area contributed by atoms with Crippen LogP contribution in [0.3, 0.4) is 0 Å². The maximum absolute atomic E-state index is 11.7. The lowest BCUT2D eigenvalue weighted by atomic mass is 10.2. The molecule has 0 atom stereocenters. The van der Waals surface area contributed by atoms with E-state index in [4.69, 9.17) is 9.84 Å². The molecule has 0 aliphatic heterocycles. The SMILES string of the molecule is CCOC(=O)Nc1cccc(Cn2nc(C)ccc2=O)c1.Cc1ccc(CO)cc1. The summed E-state index contributed by atoms with van der Waals surface area (Å²) in [4.78, 5) is 23.1. The Morgan fingerprint density at radius 1 is 1.07 bits per heavy atom. The summed E-state index contributed by atoms with van der Waals surface area (Å²) in [5, 5.41) is 15.4. The number of carbonyl (C=O) groups is 1. The summed E-state index contributed by atoms with van der Waals surface area (Å²) in [7, 11) is 0. The van der Waals surface area contributed by atoms with Crippen molar-refractivity contribution in [3.05, 3.63) is 93.4 Å². The van der Waals surface area contributed by atoms with Gasteiger partial charge in [0.2, 0.25) is 0 Å². The molecule has 0 saturated carbocycles. The lowest BCUT2D eigenvalue weighted by Crippen LogP contribution is -2.23. The minimum Gasteiger partial charge on any atom is -0.450 e. The van der Waals surface area contributed by atoms with E-state index in [2.05, 4.69) is 10.4 Å². The number of rotatable bonds is 5. The van der Waals surface area contributed by atoms with Gasteiger partial charge in [0.1, 0.15) is 0 Å². The summed E-state index contributed by atoms with van der Waals surface area (Å²) in [6, 6.07) is 18.2. The zero-order valence-corrected chi connectivity index (χ0v) is 17.5. The van der Waals surface area contributed by atoms with Crippen LogP contribution in [0.4, 0.5) is 10.5 Å². The third kappa shape index (κ3) is 7.52. The Labute approximate surface area is 176 Å². The molecule has 0 spiro atoms. The highest BCUT2D eigenvalue weighted by molar-refractivity contribution is 5.84. The van der Waals surface area contributed by atoms with Gasteiger partial charge >= 0.3 is 6.09 Å². The highest BCUT2D eigenvalue weighted by Crippen LogP contribution is 2.11. The Balaban J connectivity index is 0.000000297. The fraction of sp³-hybridized carbons (Fsp3) is 0.261. The first-order valence-corrected chi connectivity index (χ1v) is 9.65. The van der Waals surface area contributed by atoms with Crippen LogP contribution >= 0.6 is 0 Å². The van der Waals surface area contributed by atoms with Gasteiger partial charge in [0.25, 0.3) is 5.56 Å². The van der Waals surface area contributed by atoms with Gasteiger partial charge in [0, 0.05) is 11.8 Å². The summed E-state index contributed by atoms with van der Waals surface area (Å²) in [5.41, 5.74) is 4.30. The number of aromatic nitrogens is 2. The van der Waals surface area contributed by atoms with E-state index in [0.29, 0.717) is 18.8 Å². The molecule has 3 aromatic rings. The average Bonchev–Trinajstić information content (AvgIpc) is 2.72. The highest BCUT2D eigenvalue weighted by Gasteiger charge is 2.04. The van der Waals surface area contributed by atoms with E-state index >= 15 is 0 Å². The Morgan fingerprint density at radius 2 is 1.80 bits per heavy atom. The molecule has 1 heterocycles. The van der Waals surface area contributed by atoms with Crippen LogP contribution in [0, 0.1) is 13.8 Å². The molecule has 0 radical (unpaired) electrons. The van der Waals surface area contributed by atoms with Crippen LogP contribution < -0.4 is 10.9 Å². The summed E-state index contributed by atoms with van der Waals surface area (Å²) in [6.45, 7) is 6.40. The first-order chi connectivity index (χ1) is 14.4. The number of aliphatic hydroxyl groups excluding tert-OH is 1. The van der Waals surface area contributed by atoms with Crippen molar-refractivity contribution in [1.82, 2.24) is 9.78 Å². The number of anilines is 1. The standard InChI is InChI=1S/C15H17N3O3.C8H10O/c1-3-21-15(20)16-13-6-4-5-12(9-13)10-18-14(19)8-7-11(2)17-18;1-7-2-4-8(6-9)5-3-7/h4-9H,3,10H2,1-2H3,(H,16,20);2-5,9H,6H2,1H3. The molecule has 0 fully saturated rings. The molecule has 0 aliphatic rings. The number of aryl methyl sites for hydroxylation is 2. The second-order valence-electron chi connectivity index (χ2n) is 6.66. The number of benzene rings is 2. The van der Waals surface area contributed by atoms with Crippen LogP contribution in [0.15, 0.2) is 65.5 Å². The smallest absolute Gasteiger partial charge is 0.411 e. The van der Waals surface area contributed by atoms with E-state index in [1.54, 1.807) is 31.2 Å². The summed E-state index contributed by atoms with van der Waals surface area (Å²) >= 11 is 0. The van der Waals surface area contributed by atoms with Crippen LogP contribution in [-0.2, 0) is 17.9 Å². The molecule has 2 N–H and O–H groups in total. The minimum atomic E-state index is -0.500. The molecular formula is C23H27N3O4. The Bertz CT molecular complexity index is 1010. The maximum Gasteiger partial charge on any atom is 0.411 e. The maximum atomic E-state index is 11.7. The molecule has 0 saturated heterocycles. The second kappa shape index (κ2) is 11.5. The molecule has 2 aromatic carbocycles. The summed E-state index contributed by atoms with van der Waals surface area (Å²) in [6.07, 6.45) is -0.500. The number of nitrogens with one attached hydrogen (secondary N) is 1. The van der Waals surface area contributed by atoms with E-state index in [1.165, 1.54) is 16.3 Å². The van der Waals surface area contributed by atoms with E-state index in [-0.39, 0.29) is 12.2 Å². The fourth-order valence-corrected chi connectivity index (χ4v) is 2.56. The zero-order chi connectivity index (χ0) is 21.9. The molecule has 0 aliphatic carbocycles. The predicted octanol–water partition coefficient (Wildman–Crippen LogP) is 3.66. The molecule has 0 bridgehead atoms. The largest absolute Gasteiger partial charge is 0.450 e. The van der Waals surface area contributed by atoms with Gasteiger partial charge in [0.05, 0.1) is 25.5 Å². The van der Waals surface area contributed by atoms with E-state index in [0.717, 1.165) is 16.8 Å². The van der Waals surface area contributed by atoms with Crippen molar-refractivity contribution in [3.63, 3.8) is 0 Å². The summed E-state index contributed by atoms with van der Waals surface area (Å²) < 4.78 is 6.21. The molecule has 0 unspecified atom stereocenters. The molecular weight excluding hydrogens is 382 g/mol. The van der Waals surface area contributed by atoms with E-state index in [1.807, 2.05) is 44.2 Å². The number of carbonyl (C=O) groups excluding carboxylic acids is 1. The number of amides is 1. The number of hydrogen-bond acceptors (Lipinski definition) is 5. The second-order valence-corrected chi connectivity index (χ2v) is 6.66. The van der Waals surface area contributed by atoms with Gasteiger partial charge in [-0.25, -0.2) is 9.48 Å². The normalized spacial score (nSPS) is 10.0. The zero-order valence-electron chi connectivity index (χ0n) is 17.5. The first kappa shape index (κ1) is 22.8. The Morgan fingerprint density at radius 3 is 2.47 bits per heavy atom. The molecule has 3 rings (SSSR count). The molecule has 30 heavy (non-hydrogen) atoms. The third-order valence-electron chi connectivity index (χ3n) is 4.08. The fourth-order valence-electron chi connectivity index (χ4n) is 2.56. The van der Waals surface area contributed by atoms with Gasteiger partial charge in [-0.05, 0) is 50.1 Å². The quantitative estimate of drug-likeness (QED) is 0.671. The van der Waals surface area contributed by atoms with Crippen LogP contribution in [-0.4, -0.2) is 27.6 Å². The lowest BCUT2D eigenvalue weighted by Gasteiger charge is -2.08. The topological polar surface area (TPSA) is 93.5 Å². The van der Waals surface area contributed by atoms with E-state index < -0.39 is 6.09 Å². The highest BCUT2D eigenvalue weighted by atomic mass is 16.5. The molecule has 7 heteroatoms. The molecule has 1 aromatic heterocycles. The monoisotopic (exact) mass is 409 g/mol. The summed E-state index contributed by atoms with van der Waals surface area (Å²) in [5.74, 6) is 0. The van der Waals surface area contributed by atoms with Crippen LogP contribution in [0.1, 0.15) is 29.3 Å². The van der Waals surface area contributed by atoms with Crippen LogP contribution in [0.5, 0.6) is 0 Å². The van der Waals surface area contributed by atoms with Crippen molar-refractivity contribution in [3.8, 4) is 0 Å². The number of hydrogen-bond donors (Lipinski definition) is 2. The average molecular weight is 409 g/mol. The molecule has 7 nitrogen and oxygen atoms in total. The van der Waals surface area contributed by atoms with Gasteiger partial charge in [-0.1, -0.05) is 42.0 Å². The van der Waals surface area contributed by atoms with E-state index in [9.17, 15) is 9.59 Å². The minimum absolute atomic E-state index is 0.139. The van der Waals surface area contributed by atoms with Crippen molar-refractivity contribution in [2.75, 3.05) is 11.9 Å². The Kier molecular flexibility index (Phi) is 8.77. The molecule has 158 valence electrons. The van der Waals surface area contributed by atoms with Crippen molar-refractivity contribution in [1.29, 1.82) is 0 Å². The van der Waals surface area contributed by atoms with Gasteiger partial charge in [-0.3, -0.25) is 10.1 Å². The Hall–Kier alpha value is -3.45. The number of aliphatic hydroxyl groups is 1. The van der Waals surface area contributed by atoms with Crippen molar-refractivity contribution in [2.24, 2.45) is 0 Å². The number of ether oxygens (including phenoxy) is 1. The first-order valence-electron chi connectivity index (χ1n) is 9.65. The lowest BCUT2D eigenvalue weighted by molar-refractivity contribution is 0.168. The van der Waals surface area contributed by atoms with Gasteiger partial charge in [0.15, 0.2) is 0 Å². The van der Waals surface area contributed by atoms with Crippen molar-refractivity contribution < 1.29 is 14.6 Å². The third-order valence-corrected chi connectivity index (χ3v) is 4.08. The van der Waals surface area contributed by atoms with Gasteiger partial charge in [-0.2, -0.15) is 5.10 Å². The van der Waals surface area contributed by atoms with Gasteiger partial charge in [-0.15, -0.1) is 0 Å². The number of nitrogens with zero attached hydrogens (tertiary/aromatic N) is 2. The van der Waals surface area contributed by atoms with Crippen molar-refractivity contribution in [2.45, 2.75) is 33.9 Å². The molecule has 1 amide bonds. The predicted molar refractivity (Wildman–Crippen MR) is 117 cm³/mol. The van der Waals surface area contributed by atoms with Crippen LogP contribution in [0.2, 0.25) is 0 Å². The van der Waals surface area contributed by atoms with Crippen LogP contribution in [0.25, 0.3) is 0 Å².